The van der Waals surface area contributed by atoms with Crippen LogP contribution < -0.4 is 10.5 Å². The Labute approximate surface area is 145 Å². The molecule has 25 heavy (non-hydrogen) atoms. The highest BCUT2D eigenvalue weighted by molar-refractivity contribution is 7.89. The number of pyridine rings is 1. The van der Waals surface area contributed by atoms with Gasteiger partial charge in [0.15, 0.2) is 0 Å². The zero-order valence-electron chi connectivity index (χ0n) is 13.4. The largest absolute Gasteiger partial charge is 0.355 e. The van der Waals surface area contributed by atoms with Crippen LogP contribution in [-0.2, 0) is 27.7 Å². The quantitative estimate of drug-likeness (QED) is 0.682. The Balaban J connectivity index is 1.50. The highest BCUT2D eigenvalue weighted by atomic mass is 32.2. The number of carbonyl (C=O) groups is 1. The maximum atomic E-state index is 12.0. The van der Waals surface area contributed by atoms with E-state index in [0.29, 0.717) is 18.7 Å². The van der Waals surface area contributed by atoms with Gasteiger partial charge in [-0.05, 0) is 36.2 Å². The summed E-state index contributed by atoms with van der Waals surface area (Å²) in [5, 5.41) is 7.89. The van der Waals surface area contributed by atoms with Crippen LogP contribution in [0.1, 0.15) is 11.3 Å². The molecular weight excluding hydrogens is 340 g/mol. The Morgan fingerprint density at radius 3 is 2.60 bits per heavy atom. The van der Waals surface area contributed by atoms with E-state index in [1.54, 1.807) is 12.1 Å². The number of nitrogens with one attached hydrogen (secondary N) is 1. The predicted octanol–water partition coefficient (Wildman–Crippen LogP) is 0.883. The molecule has 0 atom stereocenters. The number of nitrogens with zero attached hydrogens (tertiary/aromatic N) is 2. The Hall–Kier alpha value is -2.71. The molecule has 0 bridgehead atoms. The zero-order chi connectivity index (χ0) is 17.9. The third kappa shape index (κ3) is 4.43. The molecule has 2 heterocycles. The van der Waals surface area contributed by atoms with E-state index in [2.05, 4.69) is 10.3 Å². The van der Waals surface area contributed by atoms with Crippen molar-refractivity contribution in [1.82, 2.24) is 14.7 Å². The summed E-state index contributed by atoms with van der Waals surface area (Å²) in [6.07, 6.45) is 4.53. The summed E-state index contributed by atoms with van der Waals surface area (Å²) in [5.74, 6) is -0.107. The molecule has 3 N–H and O–H groups in total. The summed E-state index contributed by atoms with van der Waals surface area (Å²) < 4.78 is 24.3. The van der Waals surface area contributed by atoms with Crippen LogP contribution in [0.25, 0.3) is 5.65 Å². The number of imidazole rings is 1. The summed E-state index contributed by atoms with van der Waals surface area (Å²) in [6, 6.07) is 12.0. The molecule has 1 aromatic carbocycles. The fourth-order valence-corrected chi connectivity index (χ4v) is 3.01. The van der Waals surface area contributed by atoms with Gasteiger partial charge in [-0.25, -0.2) is 18.5 Å². The number of sulfonamides is 1. The number of rotatable bonds is 6. The molecule has 3 aromatic rings. The summed E-state index contributed by atoms with van der Waals surface area (Å²) in [7, 11) is -3.68. The first-order valence-corrected chi connectivity index (χ1v) is 9.27. The summed E-state index contributed by atoms with van der Waals surface area (Å²) in [6.45, 7) is 0.459. The van der Waals surface area contributed by atoms with E-state index < -0.39 is 10.0 Å². The van der Waals surface area contributed by atoms with Crippen molar-refractivity contribution in [2.45, 2.75) is 17.7 Å². The van der Waals surface area contributed by atoms with Crippen molar-refractivity contribution in [2.24, 2.45) is 5.14 Å². The first kappa shape index (κ1) is 17.1. The summed E-state index contributed by atoms with van der Waals surface area (Å²) in [5.41, 5.74) is 2.43. The lowest BCUT2D eigenvalue weighted by molar-refractivity contribution is -0.120. The summed E-state index contributed by atoms with van der Waals surface area (Å²) >= 11 is 0. The van der Waals surface area contributed by atoms with Gasteiger partial charge in [-0.3, -0.25) is 4.79 Å². The normalized spacial score (nSPS) is 11.6. The van der Waals surface area contributed by atoms with E-state index in [1.165, 1.54) is 12.1 Å². The van der Waals surface area contributed by atoms with Crippen molar-refractivity contribution in [3.05, 3.63) is 66.1 Å². The maximum Gasteiger partial charge on any atom is 0.238 e. The average Bonchev–Trinajstić information content (AvgIpc) is 2.96. The van der Waals surface area contributed by atoms with Crippen molar-refractivity contribution in [1.29, 1.82) is 0 Å². The lowest BCUT2D eigenvalue weighted by atomic mass is 10.1. The molecule has 0 aliphatic rings. The highest BCUT2D eigenvalue weighted by Gasteiger charge is 2.08. The van der Waals surface area contributed by atoms with Gasteiger partial charge >= 0.3 is 0 Å². The van der Waals surface area contributed by atoms with Crippen LogP contribution >= 0.6 is 0 Å². The second-order valence-corrected chi connectivity index (χ2v) is 7.23. The molecule has 3 rings (SSSR count). The lowest BCUT2D eigenvalue weighted by Gasteiger charge is -2.05. The van der Waals surface area contributed by atoms with E-state index in [1.807, 2.05) is 35.0 Å². The minimum Gasteiger partial charge on any atom is -0.355 e. The van der Waals surface area contributed by atoms with E-state index >= 15 is 0 Å². The van der Waals surface area contributed by atoms with Crippen LogP contribution in [0.5, 0.6) is 0 Å². The number of benzene rings is 1. The van der Waals surface area contributed by atoms with Gasteiger partial charge in [0.1, 0.15) is 5.65 Å². The van der Waals surface area contributed by atoms with Crippen molar-refractivity contribution < 1.29 is 13.2 Å². The molecular formula is C17H18N4O3S. The number of amides is 1. The zero-order valence-corrected chi connectivity index (χ0v) is 14.2. The maximum absolute atomic E-state index is 12.0. The Morgan fingerprint density at radius 2 is 1.92 bits per heavy atom. The van der Waals surface area contributed by atoms with Crippen molar-refractivity contribution in [3.63, 3.8) is 0 Å². The minimum absolute atomic E-state index is 0.0760. The van der Waals surface area contributed by atoms with Gasteiger partial charge in [0.05, 0.1) is 17.0 Å². The van der Waals surface area contributed by atoms with Crippen LogP contribution in [0, 0.1) is 0 Å². The second kappa shape index (κ2) is 7.04. The predicted molar refractivity (Wildman–Crippen MR) is 93.4 cm³/mol. The molecule has 1 amide bonds. The molecule has 0 aliphatic heterocycles. The topological polar surface area (TPSA) is 107 Å². The Kier molecular flexibility index (Phi) is 4.82. The molecule has 0 radical (unpaired) electrons. The average molecular weight is 358 g/mol. The van der Waals surface area contributed by atoms with Crippen LogP contribution in [0.15, 0.2) is 59.8 Å². The smallest absolute Gasteiger partial charge is 0.238 e. The third-order valence-electron chi connectivity index (χ3n) is 3.74. The number of aromatic nitrogens is 2. The number of hydrogen-bond acceptors (Lipinski definition) is 4. The SMILES string of the molecule is NS(=O)(=O)c1ccc(CCNC(=O)Cc2cn3ccccc3n2)cc1. The van der Waals surface area contributed by atoms with E-state index in [0.717, 1.165) is 11.2 Å². The number of carbonyl (C=O) groups excluding carboxylic acids is 1. The number of fused-ring (bicyclic) bond motifs is 1. The highest BCUT2D eigenvalue weighted by Crippen LogP contribution is 2.09. The fraction of sp³-hybridized carbons (Fsp3) is 0.176. The van der Waals surface area contributed by atoms with Crippen LogP contribution in [0.4, 0.5) is 0 Å². The standard InChI is InChI=1S/C17H18N4O3S/c18-25(23,24)15-6-4-13(5-7-15)8-9-19-17(22)11-14-12-21-10-2-1-3-16(21)20-14/h1-7,10,12H,8-9,11H2,(H,19,22)(H2,18,23,24). The first-order chi connectivity index (χ1) is 11.9. The minimum atomic E-state index is -3.68. The number of hydrogen-bond donors (Lipinski definition) is 2. The molecule has 0 spiro atoms. The molecule has 0 saturated carbocycles. The van der Waals surface area contributed by atoms with Gasteiger partial charge in [-0.2, -0.15) is 0 Å². The monoisotopic (exact) mass is 358 g/mol. The molecule has 8 heteroatoms. The Bertz CT molecular complexity index is 961. The van der Waals surface area contributed by atoms with Gasteiger partial charge in [-0.1, -0.05) is 18.2 Å². The lowest BCUT2D eigenvalue weighted by Crippen LogP contribution is -2.27. The van der Waals surface area contributed by atoms with Gasteiger partial charge < -0.3 is 9.72 Å². The molecule has 0 fully saturated rings. The number of primary sulfonamides is 1. The van der Waals surface area contributed by atoms with E-state index in [4.69, 9.17) is 5.14 Å². The van der Waals surface area contributed by atoms with Crippen molar-refractivity contribution in [2.75, 3.05) is 6.54 Å². The van der Waals surface area contributed by atoms with Crippen LogP contribution in [0.3, 0.4) is 0 Å². The second-order valence-electron chi connectivity index (χ2n) is 5.66. The molecule has 0 aliphatic carbocycles. The van der Waals surface area contributed by atoms with Gasteiger partial charge in [-0.15, -0.1) is 0 Å². The molecule has 2 aromatic heterocycles. The molecule has 7 nitrogen and oxygen atoms in total. The molecule has 0 unspecified atom stereocenters. The Morgan fingerprint density at radius 1 is 1.16 bits per heavy atom. The van der Waals surface area contributed by atoms with Gasteiger partial charge in [0.2, 0.25) is 15.9 Å². The molecule has 0 saturated heterocycles. The van der Waals surface area contributed by atoms with Crippen LogP contribution in [-0.4, -0.2) is 30.3 Å². The fourth-order valence-electron chi connectivity index (χ4n) is 2.49. The van der Waals surface area contributed by atoms with Gasteiger partial charge in [0, 0.05) is 18.9 Å². The summed E-state index contributed by atoms with van der Waals surface area (Å²) in [4.78, 5) is 16.5. The molecule has 130 valence electrons. The van der Waals surface area contributed by atoms with Gasteiger partial charge in [0.25, 0.3) is 0 Å². The van der Waals surface area contributed by atoms with Crippen LogP contribution in [0.2, 0.25) is 0 Å². The van der Waals surface area contributed by atoms with Crippen molar-refractivity contribution >= 4 is 21.6 Å². The number of nitrogens with two attached hydrogens (primary N) is 1. The first-order valence-electron chi connectivity index (χ1n) is 7.73. The van der Waals surface area contributed by atoms with E-state index in [-0.39, 0.29) is 17.2 Å². The van der Waals surface area contributed by atoms with E-state index in [9.17, 15) is 13.2 Å². The third-order valence-corrected chi connectivity index (χ3v) is 4.67. The van der Waals surface area contributed by atoms with Crippen molar-refractivity contribution in [3.8, 4) is 0 Å².